The number of fused-ring (bicyclic) bond motifs is 11. The monoisotopic (exact) mass is 1040 g/mol. The topological polar surface area (TPSA) is 26.3 Å². The fraction of sp³-hybridized carbons (Fsp3) is 0. The summed E-state index contributed by atoms with van der Waals surface area (Å²) in [7, 11) is 0. The van der Waals surface area contributed by atoms with E-state index in [1.165, 1.54) is 109 Å². The van der Waals surface area contributed by atoms with Gasteiger partial charge in [-0.2, -0.15) is 0 Å². The van der Waals surface area contributed by atoms with E-state index in [1.807, 2.05) is 0 Å². The lowest BCUT2D eigenvalue weighted by Gasteiger charge is -2.21. The number of rotatable bonds is 7. The highest BCUT2D eigenvalue weighted by Gasteiger charge is 2.25. The smallest absolute Gasteiger partial charge is 0.136 e. The lowest BCUT2D eigenvalue weighted by atomic mass is 9.82. The minimum absolute atomic E-state index is 0.853. The number of hydrogen-bond acceptors (Lipinski definition) is 2. The van der Waals surface area contributed by atoms with E-state index >= 15 is 0 Å². The van der Waals surface area contributed by atoms with Crippen molar-refractivity contribution in [1.29, 1.82) is 0 Å². The van der Waals surface area contributed by atoms with Gasteiger partial charge >= 0.3 is 0 Å². The SMILES string of the molecule is c1ccc(-c2cc(-c3c4ccccc4c(-c4cccc5oc6ccccc6c45)c4cc(-c5ccc6oc7cccc(-c8c9ccccc9c(-c9ccccc9-c9ccccc9)c9ccccc89)c7c6c5)ccc34)c3ccccc3c2)cc1. The van der Waals surface area contributed by atoms with Crippen LogP contribution < -0.4 is 0 Å². The Kier molecular flexibility index (Phi) is 10.3. The van der Waals surface area contributed by atoms with Crippen molar-refractivity contribution in [2.45, 2.75) is 0 Å². The Balaban J connectivity index is 0.927. The van der Waals surface area contributed by atoms with Crippen LogP contribution in [0.1, 0.15) is 0 Å². The Morgan fingerprint density at radius 2 is 0.573 bits per heavy atom. The quantitative estimate of drug-likeness (QED) is 0.149. The maximum Gasteiger partial charge on any atom is 0.136 e. The van der Waals surface area contributed by atoms with Crippen LogP contribution in [0, 0.1) is 0 Å². The van der Waals surface area contributed by atoms with Crippen LogP contribution in [0.2, 0.25) is 0 Å². The van der Waals surface area contributed by atoms with Crippen molar-refractivity contribution in [2.24, 2.45) is 0 Å². The summed E-state index contributed by atoms with van der Waals surface area (Å²) >= 11 is 0. The van der Waals surface area contributed by atoms with Crippen LogP contribution in [0.4, 0.5) is 0 Å². The van der Waals surface area contributed by atoms with Crippen molar-refractivity contribution in [3.63, 3.8) is 0 Å². The molecule has 2 nitrogen and oxygen atoms in total. The molecular weight excluding hydrogens is 993 g/mol. The van der Waals surface area contributed by atoms with E-state index in [2.05, 4.69) is 291 Å². The van der Waals surface area contributed by atoms with Gasteiger partial charge in [0.25, 0.3) is 0 Å². The van der Waals surface area contributed by atoms with E-state index in [0.29, 0.717) is 0 Å². The molecule has 0 unspecified atom stereocenters. The van der Waals surface area contributed by atoms with Gasteiger partial charge in [-0.1, -0.05) is 243 Å². The first-order valence-corrected chi connectivity index (χ1v) is 28.2. The minimum Gasteiger partial charge on any atom is -0.456 e. The van der Waals surface area contributed by atoms with Gasteiger partial charge in [0.05, 0.1) is 0 Å². The molecule has 0 saturated heterocycles. The van der Waals surface area contributed by atoms with Gasteiger partial charge in [-0.25, -0.2) is 0 Å². The van der Waals surface area contributed by atoms with Crippen molar-refractivity contribution in [3.8, 4) is 77.9 Å². The molecule has 17 aromatic rings. The van der Waals surface area contributed by atoms with E-state index in [-0.39, 0.29) is 0 Å². The molecule has 0 amide bonds. The fourth-order valence-electron chi connectivity index (χ4n) is 13.7. The molecule has 0 fully saturated rings. The Labute approximate surface area is 473 Å². The molecule has 2 aromatic heterocycles. The Bertz CT molecular complexity index is 5390. The third-order valence-electron chi connectivity index (χ3n) is 17.2. The summed E-state index contributed by atoms with van der Waals surface area (Å²) in [6, 6.07) is 106. The molecular formula is C80H48O2. The lowest BCUT2D eigenvalue weighted by molar-refractivity contribution is 0.668. The van der Waals surface area contributed by atoms with E-state index in [0.717, 1.165) is 66.1 Å². The van der Waals surface area contributed by atoms with Crippen molar-refractivity contribution in [3.05, 3.63) is 291 Å². The third kappa shape index (κ3) is 7.08. The molecule has 0 aliphatic carbocycles. The average molecular weight is 1040 g/mol. The van der Waals surface area contributed by atoms with Crippen LogP contribution in [-0.2, 0) is 0 Å². The first-order chi connectivity index (χ1) is 40.7. The summed E-state index contributed by atoms with van der Waals surface area (Å²) in [6.07, 6.45) is 0. The van der Waals surface area contributed by atoms with Gasteiger partial charge < -0.3 is 8.83 Å². The van der Waals surface area contributed by atoms with Crippen LogP contribution in [-0.4, -0.2) is 0 Å². The maximum absolute atomic E-state index is 6.88. The molecule has 0 saturated carbocycles. The zero-order valence-corrected chi connectivity index (χ0v) is 44.5. The molecule has 0 N–H and O–H groups in total. The van der Waals surface area contributed by atoms with Gasteiger partial charge in [0.1, 0.15) is 22.3 Å². The maximum atomic E-state index is 6.88. The molecule has 0 radical (unpaired) electrons. The Morgan fingerprint density at radius 1 is 0.171 bits per heavy atom. The number of para-hydroxylation sites is 1. The summed E-state index contributed by atoms with van der Waals surface area (Å²) in [4.78, 5) is 0. The highest BCUT2D eigenvalue weighted by Crippen LogP contribution is 2.52. The summed E-state index contributed by atoms with van der Waals surface area (Å²) < 4.78 is 13.5. The van der Waals surface area contributed by atoms with Crippen molar-refractivity contribution in [1.82, 2.24) is 0 Å². The molecule has 2 heteroatoms. The zero-order chi connectivity index (χ0) is 53.8. The molecule has 82 heavy (non-hydrogen) atoms. The first-order valence-electron chi connectivity index (χ1n) is 28.2. The van der Waals surface area contributed by atoms with Crippen molar-refractivity contribution in [2.75, 3.05) is 0 Å². The number of hydrogen-bond donors (Lipinski definition) is 0. The van der Waals surface area contributed by atoms with Crippen LogP contribution in [0.25, 0.3) is 176 Å². The molecule has 0 bridgehead atoms. The number of benzene rings is 15. The molecule has 0 aliphatic heterocycles. The highest BCUT2D eigenvalue weighted by molar-refractivity contribution is 6.29. The van der Waals surface area contributed by atoms with E-state index in [1.54, 1.807) is 0 Å². The minimum atomic E-state index is 0.853. The summed E-state index contributed by atoms with van der Waals surface area (Å²) in [5.74, 6) is 0. The van der Waals surface area contributed by atoms with E-state index in [9.17, 15) is 0 Å². The van der Waals surface area contributed by atoms with E-state index in [4.69, 9.17) is 8.83 Å². The predicted molar refractivity (Wildman–Crippen MR) is 347 cm³/mol. The fourth-order valence-corrected chi connectivity index (χ4v) is 13.7. The molecule has 0 atom stereocenters. The van der Waals surface area contributed by atoms with Crippen molar-refractivity contribution >= 4 is 97.7 Å². The second-order valence-corrected chi connectivity index (χ2v) is 21.7. The van der Waals surface area contributed by atoms with Crippen molar-refractivity contribution < 1.29 is 8.83 Å². The Morgan fingerprint density at radius 3 is 1.20 bits per heavy atom. The van der Waals surface area contributed by atoms with Gasteiger partial charge in [-0.05, 0) is 180 Å². The predicted octanol–water partition coefficient (Wildman–Crippen LogP) is 22.9. The molecule has 0 spiro atoms. The third-order valence-corrected chi connectivity index (χ3v) is 17.2. The summed E-state index contributed by atoms with van der Waals surface area (Å²) in [5, 5.41) is 16.4. The van der Waals surface area contributed by atoms with Gasteiger partial charge in [-0.15, -0.1) is 0 Å². The molecule has 15 aromatic carbocycles. The molecule has 17 rings (SSSR count). The number of furan rings is 2. The Hall–Kier alpha value is -10.8. The first kappa shape index (κ1) is 46.1. The second-order valence-electron chi connectivity index (χ2n) is 21.7. The molecule has 2 heterocycles. The summed E-state index contributed by atoms with van der Waals surface area (Å²) in [6.45, 7) is 0. The largest absolute Gasteiger partial charge is 0.456 e. The van der Waals surface area contributed by atoms with Crippen LogP contribution in [0.3, 0.4) is 0 Å². The van der Waals surface area contributed by atoms with Crippen LogP contribution >= 0.6 is 0 Å². The van der Waals surface area contributed by atoms with Gasteiger partial charge in [-0.3, -0.25) is 0 Å². The van der Waals surface area contributed by atoms with Gasteiger partial charge in [0, 0.05) is 21.5 Å². The normalized spacial score (nSPS) is 11.9. The summed E-state index contributed by atoms with van der Waals surface area (Å²) in [5.41, 5.74) is 20.0. The standard InChI is InChI=1S/C80H48O2/c1-3-21-49(22-4-1)54-45-53-25-7-8-27-56(53)68(48-54)77-62-33-15-16-34-63(62)78(67-37-20-39-73-79(67)65-35-17-18-38-71(65)81-73)69-46-51(41-43-64(69)77)52-42-44-72-70(47-52)80-66(36-19-40-74(80)82-72)76-60-31-13-11-29-58(60)75(59-30-12-14-32-61(59)76)57-28-10-9-26-55(57)50-23-5-2-6-24-50/h1-48H. The average Bonchev–Trinajstić information content (AvgIpc) is 2.95. The second kappa shape index (κ2) is 18.4. The van der Waals surface area contributed by atoms with Gasteiger partial charge in [0.15, 0.2) is 0 Å². The molecule has 0 aliphatic rings. The van der Waals surface area contributed by atoms with Gasteiger partial charge in [0.2, 0.25) is 0 Å². The van der Waals surface area contributed by atoms with Crippen LogP contribution in [0.15, 0.2) is 300 Å². The molecule has 380 valence electrons. The zero-order valence-electron chi connectivity index (χ0n) is 44.5. The van der Waals surface area contributed by atoms with Crippen LogP contribution in [0.5, 0.6) is 0 Å². The lowest BCUT2D eigenvalue weighted by Crippen LogP contribution is -1.94. The van der Waals surface area contributed by atoms with E-state index < -0.39 is 0 Å². The highest BCUT2D eigenvalue weighted by atomic mass is 16.3.